The molecule has 41 heavy (non-hydrogen) atoms. The van der Waals surface area contributed by atoms with Gasteiger partial charge in [-0.25, -0.2) is 9.59 Å². The van der Waals surface area contributed by atoms with E-state index in [1.165, 1.54) is 12.2 Å². The van der Waals surface area contributed by atoms with Crippen LogP contribution in [0.15, 0.2) is 36.6 Å². The molecule has 3 saturated heterocycles. The molecular weight excluding hydrogens is 548 g/mol. The maximum absolute atomic E-state index is 13.3. The minimum absolute atomic E-state index is 0.0195. The fourth-order valence-electron chi connectivity index (χ4n) is 6.95. The number of aliphatic hydroxyl groups is 1. The Bertz CT molecular complexity index is 1120. The predicted molar refractivity (Wildman–Crippen MR) is 153 cm³/mol. The first kappa shape index (κ1) is 29.7. The Hall–Kier alpha value is -2.83. The molecule has 1 saturated carbocycles. The normalized spacial score (nSPS) is 31.7. The molecule has 0 unspecified atom stereocenters. The summed E-state index contributed by atoms with van der Waals surface area (Å²) in [5.74, 6) is -1.18. The Labute approximate surface area is 244 Å². The van der Waals surface area contributed by atoms with E-state index >= 15 is 0 Å². The summed E-state index contributed by atoms with van der Waals surface area (Å²) in [4.78, 5) is 56.6. The maximum atomic E-state index is 13.3. The zero-order valence-corrected chi connectivity index (χ0v) is 24.4. The molecule has 11 nitrogen and oxygen atoms in total. The molecule has 0 radical (unpaired) electrons. The molecule has 4 fully saturated rings. The molecule has 5 aliphatic rings. The minimum atomic E-state index is -0.785. The van der Waals surface area contributed by atoms with Crippen LogP contribution < -0.4 is 5.32 Å². The van der Waals surface area contributed by atoms with Crippen LogP contribution in [-0.4, -0.2) is 118 Å². The van der Waals surface area contributed by atoms with Gasteiger partial charge < -0.3 is 34.6 Å². The molecule has 12 heteroatoms. The summed E-state index contributed by atoms with van der Waals surface area (Å²) in [5.41, 5.74) is 1.31. The Morgan fingerprint density at radius 3 is 2.46 bits per heavy atom. The van der Waals surface area contributed by atoms with E-state index in [-0.39, 0.29) is 53.5 Å². The van der Waals surface area contributed by atoms with Crippen LogP contribution in [0.25, 0.3) is 0 Å². The summed E-state index contributed by atoms with van der Waals surface area (Å²) >= 11 is 1.77. The molecule has 0 bridgehead atoms. The lowest BCUT2D eigenvalue weighted by Crippen LogP contribution is -2.64. The number of carbonyl (C=O) groups excluding carboxylic acids is 4. The highest BCUT2D eigenvalue weighted by Gasteiger charge is 2.62. The number of piperazine rings is 1. The first-order valence-electron chi connectivity index (χ1n) is 14.5. The Balaban J connectivity index is 1.23. The van der Waals surface area contributed by atoms with Crippen LogP contribution in [-0.2, 0) is 23.9 Å². The lowest BCUT2D eigenvalue weighted by Gasteiger charge is -2.47. The third kappa shape index (κ3) is 5.65. The molecule has 0 aromatic carbocycles. The Morgan fingerprint density at radius 1 is 1.10 bits per heavy atom. The minimum Gasteiger partial charge on any atom is -0.457 e. The van der Waals surface area contributed by atoms with Crippen molar-refractivity contribution in [2.45, 2.75) is 61.3 Å². The number of amides is 3. The number of rotatable bonds is 9. The van der Waals surface area contributed by atoms with Crippen molar-refractivity contribution < 1.29 is 33.8 Å². The topological polar surface area (TPSA) is 129 Å². The standard InChI is InChI=1S/C29H40N4O7S/c1-4-13-39-28(37)25-23-19(24-22(17(3)34)27(36)33(24)25)7-6-8-21(23)41-18-15-20(30-16-18)26(35)31-9-11-32(12-10-31)29(38)40-14-5-2/h4-5,17-22,24,30,34H,1-2,6-16H2,3H3/t17-,18+,19-,20+,21+,22-,24-/m1/s1. The maximum Gasteiger partial charge on any atom is 0.410 e. The number of hydrogen-bond donors (Lipinski definition) is 2. The van der Waals surface area contributed by atoms with Gasteiger partial charge in [0, 0.05) is 49.1 Å². The molecule has 5 rings (SSSR count). The second-order valence-electron chi connectivity index (χ2n) is 11.3. The highest BCUT2D eigenvalue weighted by molar-refractivity contribution is 8.00. The first-order valence-corrected chi connectivity index (χ1v) is 15.4. The molecule has 224 valence electrons. The molecule has 0 spiro atoms. The van der Waals surface area contributed by atoms with E-state index in [0.717, 1.165) is 24.8 Å². The number of nitrogens with zero attached hydrogens (tertiary/aromatic N) is 3. The lowest BCUT2D eigenvalue weighted by atomic mass is 9.72. The second kappa shape index (κ2) is 12.6. The SMILES string of the molecule is C=CCOC(=O)C1=C2[C@@H](S[C@@H]3CN[C@H](C(=O)N4CCN(C(=O)OCC=C)CC4)C3)CCC[C@H]2[C@@H]2[C@@H]([C@@H](C)O)C(=O)N12. The molecule has 0 aromatic rings. The number of hydrogen-bond acceptors (Lipinski definition) is 9. The number of thioether (sulfide) groups is 1. The monoisotopic (exact) mass is 588 g/mol. The van der Waals surface area contributed by atoms with Crippen LogP contribution in [0, 0.1) is 11.8 Å². The highest BCUT2D eigenvalue weighted by Crippen LogP contribution is 2.55. The van der Waals surface area contributed by atoms with Gasteiger partial charge in [0.25, 0.3) is 0 Å². The summed E-state index contributed by atoms with van der Waals surface area (Å²) < 4.78 is 10.5. The van der Waals surface area contributed by atoms with Crippen molar-refractivity contribution in [3.05, 3.63) is 36.6 Å². The van der Waals surface area contributed by atoms with E-state index in [1.54, 1.807) is 33.4 Å². The van der Waals surface area contributed by atoms with E-state index < -0.39 is 24.1 Å². The van der Waals surface area contributed by atoms with Gasteiger partial charge in [0.15, 0.2) is 0 Å². The van der Waals surface area contributed by atoms with Crippen LogP contribution in [0.3, 0.4) is 0 Å². The second-order valence-corrected chi connectivity index (χ2v) is 12.8. The van der Waals surface area contributed by atoms with Crippen LogP contribution in [0.1, 0.15) is 32.6 Å². The summed E-state index contributed by atoms with van der Waals surface area (Å²) in [5, 5.41) is 13.9. The van der Waals surface area contributed by atoms with E-state index in [1.807, 2.05) is 0 Å². The van der Waals surface area contributed by atoms with Crippen molar-refractivity contribution in [2.75, 3.05) is 45.9 Å². The summed E-state index contributed by atoms with van der Waals surface area (Å²) in [6.45, 7) is 11.5. The van der Waals surface area contributed by atoms with Gasteiger partial charge in [-0.05, 0) is 31.8 Å². The van der Waals surface area contributed by atoms with Crippen LogP contribution in [0.4, 0.5) is 4.79 Å². The highest BCUT2D eigenvalue weighted by atomic mass is 32.2. The first-order chi connectivity index (χ1) is 19.8. The fraction of sp³-hybridized carbons (Fsp3) is 0.655. The zero-order valence-electron chi connectivity index (χ0n) is 23.5. The number of aliphatic hydroxyl groups excluding tert-OH is 1. The number of carbonyl (C=O) groups is 4. The molecule has 0 aromatic heterocycles. The zero-order chi connectivity index (χ0) is 29.3. The van der Waals surface area contributed by atoms with Gasteiger partial charge >= 0.3 is 12.1 Å². The summed E-state index contributed by atoms with van der Waals surface area (Å²) in [7, 11) is 0. The van der Waals surface area contributed by atoms with Gasteiger partial charge in [-0.2, -0.15) is 0 Å². The Morgan fingerprint density at radius 2 is 1.78 bits per heavy atom. The van der Waals surface area contributed by atoms with Crippen molar-refractivity contribution in [1.82, 2.24) is 20.0 Å². The van der Waals surface area contributed by atoms with E-state index in [4.69, 9.17) is 9.47 Å². The molecular formula is C29H40N4O7S. The van der Waals surface area contributed by atoms with Gasteiger partial charge in [0.05, 0.1) is 24.1 Å². The van der Waals surface area contributed by atoms with E-state index in [2.05, 4.69) is 18.5 Å². The molecule has 3 amide bonds. The van der Waals surface area contributed by atoms with Crippen molar-refractivity contribution in [3.63, 3.8) is 0 Å². The van der Waals surface area contributed by atoms with Gasteiger partial charge in [-0.15, -0.1) is 11.8 Å². The van der Waals surface area contributed by atoms with E-state index in [9.17, 15) is 24.3 Å². The van der Waals surface area contributed by atoms with Gasteiger partial charge in [-0.3, -0.25) is 9.59 Å². The van der Waals surface area contributed by atoms with Gasteiger partial charge in [0.1, 0.15) is 18.9 Å². The van der Waals surface area contributed by atoms with Crippen molar-refractivity contribution in [1.29, 1.82) is 0 Å². The molecule has 4 heterocycles. The lowest BCUT2D eigenvalue weighted by molar-refractivity contribution is -0.164. The number of β-lactam (4-membered cyclic amide) rings is 1. The molecule has 1 aliphatic carbocycles. The number of nitrogens with one attached hydrogen (secondary N) is 1. The smallest absolute Gasteiger partial charge is 0.410 e. The van der Waals surface area contributed by atoms with Crippen LogP contribution in [0.5, 0.6) is 0 Å². The van der Waals surface area contributed by atoms with Crippen LogP contribution in [0.2, 0.25) is 0 Å². The number of ether oxygens (including phenoxy) is 2. The number of fused-ring (bicyclic) bond motifs is 3. The van der Waals surface area contributed by atoms with Crippen LogP contribution >= 0.6 is 11.8 Å². The van der Waals surface area contributed by atoms with Crippen molar-refractivity contribution in [3.8, 4) is 0 Å². The molecule has 7 atom stereocenters. The van der Waals surface area contributed by atoms with E-state index in [0.29, 0.717) is 44.8 Å². The third-order valence-electron chi connectivity index (χ3n) is 8.81. The van der Waals surface area contributed by atoms with Gasteiger partial charge in [0.2, 0.25) is 11.8 Å². The molecule has 2 N–H and O–H groups in total. The largest absolute Gasteiger partial charge is 0.457 e. The quantitative estimate of drug-likeness (QED) is 0.233. The average Bonchev–Trinajstić information content (AvgIpc) is 3.55. The van der Waals surface area contributed by atoms with Crippen molar-refractivity contribution >= 4 is 35.6 Å². The van der Waals surface area contributed by atoms with Gasteiger partial charge in [-0.1, -0.05) is 31.7 Å². The predicted octanol–water partition coefficient (Wildman–Crippen LogP) is 1.29. The average molecular weight is 589 g/mol. The molecule has 4 aliphatic heterocycles. The fourth-order valence-corrected chi connectivity index (χ4v) is 8.64. The summed E-state index contributed by atoms with van der Waals surface area (Å²) in [6, 6.07) is -0.516. The third-order valence-corrected chi connectivity index (χ3v) is 10.4. The number of esters is 1. The van der Waals surface area contributed by atoms with Crippen molar-refractivity contribution in [2.24, 2.45) is 11.8 Å². The summed E-state index contributed by atoms with van der Waals surface area (Å²) in [6.07, 6.45) is 5.22. The Kier molecular flexibility index (Phi) is 9.10.